The van der Waals surface area contributed by atoms with Gasteiger partial charge in [-0.25, -0.2) is 0 Å². The average Bonchev–Trinajstić information content (AvgIpc) is 2.84. The van der Waals surface area contributed by atoms with Crippen LogP contribution in [-0.2, 0) is 11.8 Å². The zero-order valence-electron chi connectivity index (χ0n) is 9.77. The van der Waals surface area contributed by atoms with Crippen LogP contribution in [0.2, 0.25) is 0 Å². The minimum atomic E-state index is 0.343. The lowest BCUT2D eigenvalue weighted by molar-refractivity contribution is 0.408. The second-order valence-electron chi connectivity index (χ2n) is 4.66. The summed E-state index contributed by atoms with van der Waals surface area (Å²) in [6.07, 6.45) is 7.45. The Balaban J connectivity index is 2.42. The molecule has 3 heteroatoms. The molecule has 1 aromatic rings. The highest BCUT2D eigenvalue weighted by Crippen LogP contribution is 2.44. The first kappa shape index (κ1) is 10.5. The van der Waals surface area contributed by atoms with Gasteiger partial charge in [0.2, 0.25) is 0 Å². The molecule has 0 amide bonds. The molecule has 0 spiro atoms. The summed E-state index contributed by atoms with van der Waals surface area (Å²) in [6.45, 7) is 4.44. The van der Waals surface area contributed by atoms with Crippen LogP contribution in [0.5, 0.6) is 0 Å². The number of H-pyrrole nitrogens is 1. The monoisotopic (exact) mass is 207 g/mol. The van der Waals surface area contributed by atoms with Crippen molar-refractivity contribution in [2.24, 2.45) is 0 Å². The molecule has 1 aliphatic rings. The molecule has 0 bridgehead atoms. The molecule has 3 nitrogen and oxygen atoms in total. The van der Waals surface area contributed by atoms with E-state index in [2.05, 4.69) is 24.0 Å². The van der Waals surface area contributed by atoms with Gasteiger partial charge in [-0.15, -0.1) is 0 Å². The van der Waals surface area contributed by atoms with E-state index >= 15 is 0 Å². The summed E-state index contributed by atoms with van der Waals surface area (Å²) in [7, 11) is 0. The minimum absolute atomic E-state index is 0.343. The Morgan fingerprint density at radius 3 is 2.53 bits per heavy atom. The Labute approximate surface area is 91.4 Å². The van der Waals surface area contributed by atoms with Gasteiger partial charge in [0.25, 0.3) is 0 Å². The first-order valence-electron chi connectivity index (χ1n) is 6.06. The molecule has 3 N–H and O–H groups in total. The number of nitrogens with two attached hydrogens (primary N) is 1. The standard InChI is InChI=1S/C12H21N3/c1-3-9-10(14-15-11(9)13)12(4-2)7-5-6-8-12/h3-8H2,1-2H3,(H3,13,14,15). The zero-order valence-corrected chi connectivity index (χ0v) is 9.77. The fourth-order valence-electron chi connectivity index (χ4n) is 3.01. The van der Waals surface area contributed by atoms with E-state index in [-0.39, 0.29) is 0 Å². The number of nitrogens with zero attached hydrogens (tertiary/aromatic N) is 1. The van der Waals surface area contributed by atoms with Crippen molar-refractivity contribution in [2.75, 3.05) is 5.73 Å². The Morgan fingerprint density at radius 2 is 2.00 bits per heavy atom. The van der Waals surface area contributed by atoms with Crippen LogP contribution in [0.3, 0.4) is 0 Å². The van der Waals surface area contributed by atoms with Crippen LogP contribution in [0, 0.1) is 0 Å². The van der Waals surface area contributed by atoms with Crippen molar-refractivity contribution in [3.63, 3.8) is 0 Å². The SMILES string of the molecule is CCc1c(N)n[nH]c1C1(CC)CCCC1. The third-order valence-corrected chi connectivity index (χ3v) is 4.02. The normalized spacial score (nSPS) is 19.6. The van der Waals surface area contributed by atoms with Crippen LogP contribution >= 0.6 is 0 Å². The lowest BCUT2D eigenvalue weighted by Gasteiger charge is -2.27. The van der Waals surface area contributed by atoms with Gasteiger partial charge in [0.05, 0.1) is 0 Å². The van der Waals surface area contributed by atoms with Crippen LogP contribution in [-0.4, -0.2) is 10.2 Å². The van der Waals surface area contributed by atoms with Crippen LogP contribution in [0.15, 0.2) is 0 Å². The second-order valence-corrected chi connectivity index (χ2v) is 4.66. The van der Waals surface area contributed by atoms with Crippen molar-refractivity contribution in [1.82, 2.24) is 10.2 Å². The van der Waals surface area contributed by atoms with Crippen molar-refractivity contribution < 1.29 is 0 Å². The summed E-state index contributed by atoms with van der Waals surface area (Å²) in [4.78, 5) is 0. The van der Waals surface area contributed by atoms with E-state index in [0.717, 1.165) is 6.42 Å². The average molecular weight is 207 g/mol. The predicted molar refractivity (Wildman–Crippen MR) is 62.8 cm³/mol. The maximum absolute atomic E-state index is 5.89. The largest absolute Gasteiger partial charge is 0.382 e. The van der Waals surface area contributed by atoms with Crippen molar-refractivity contribution in [3.05, 3.63) is 11.3 Å². The van der Waals surface area contributed by atoms with E-state index in [1.54, 1.807) is 0 Å². The third kappa shape index (κ3) is 1.54. The summed E-state index contributed by atoms with van der Waals surface area (Å²) >= 11 is 0. The van der Waals surface area contributed by atoms with Gasteiger partial charge in [0, 0.05) is 16.7 Å². The Bertz CT molecular complexity index is 335. The lowest BCUT2D eigenvalue weighted by Crippen LogP contribution is -2.23. The zero-order chi connectivity index (χ0) is 10.9. The lowest BCUT2D eigenvalue weighted by atomic mass is 9.78. The molecule has 15 heavy (non-hydrogen) atoms. The highest BCUT2D eigenvalue weighted by Gasteiger charge is 2.37. The van der Waals surface area contributed by atoms with Gasteiger partial charge in [0.1, 0.15) is 5.82 Å². The Kier molecular flexibility index (Phi) is 2.72. The van der Waals surface area contributed by atoms with Gasteiger partial charge in [0.15, 0.2) is 0 Å². The van der Waals surface area contributed by atoms with Gasteiger partial charge >= 0.3 is 0 Å². The summed E-state index contributed by atoms with van der Waals surface area (Å²) in [5.74, 6) is 0.701. The molecule has 1 heterocycles. The molecule has 84 valence electrons. The van der Waals surface area contributed by atoms with Gasteiger partial charge in [-0.3, -0.25) is 5.10 Å². The van der Waals surface area contributed by atoms with E-state index < -0.39 is 0 Å². The van der Waals surface area contributed by atoms with Gasteiger partial charge in [-0.1, -0.05) is 26.7 Å². The van der Waals surface area contributed by atoms with Crippen LogP contribution in [0.25, 0.3) is 0 Å². The molecule has 0 atom stereocenters. The van der Waals surface area contributed by atoms with Crippen LogP contribution in [0.1, 0.15) is 57.2 Å². The van der Waals surface area contributed by atoms with E-state index in [9.17, 15) is 0 Å². The molecule has 0 aliphatic heterocycles. The topological polar surface area (TPSA) is 54.7 Å². The third-order valence-electron chi connectivity index (χ3n) is 4.02. The summed E-state index contributed by atoms with van der Waals surface area (Å²) < 4.78 is 0. The minimum Gasteiger partial charge on any atom is -0.382 e. The van der Waals surface area contributed by atoms with Crippen molar-refractivity contribution in [3.8, 4) is 0 Å². The highest BCUT2D eigenvalue weighted by atomic mass is 15.2. The van der Waals surface area contributed by atoms with E-state index in [0.29, 0.717) is 11.2 Å². The molecule has 0 unspecified atom stereocenters. The molecule has 0 radical (unpaired) electrons. The van der Waals surface area contributed by atoms with E-state index in [4.69, 9.17) is 5.73 Å². The number of aromatic amines is 1. The maximum atomic E-state index is 5.89. The number of rotatable bonds is 3. The molecular weight excluding hydrogens is 186 g/mol. The van der Waals surface area contributed by atoms with Crippen LogP contribution < -0.4 is 5.73 Å². The van der Waals surface area contributed by atoms with Gasteiger partial charge in [-0.05, 0) is 25.7 Å². The van der Waals surface area contributed by atoms with Crippen LogP contribution in [0.4, 0.5) is 5.82 Å². The maximum Gasteiger partial charge on any atom is 0.148 e. The molecule has 0 aromatic carbocycles. The summed E-state index contributed by atoms with van der Waals surface area (Å²) in [6, 6.07) is 0. The molecule has 1 aliphatic carbocycles. The molecule has 2 rings (SSSR count). The number of nitrogens with one attached hydrogen (secondary N) is 1. The first-order valence-corrected chi connectivity index (χ1v) is 6.06. The number of aromatic nitrogens is 2. The smallest absolute Gasteiger partial charge is 0.148 e. The number of hydrogen-bond donors (Lipinski definition) is 2. The highest BCUT2D eigenvalue weighted by molar-refractivity contribution is 5.45. The Morgan fingerprint density at radius 1 is 1.33 bits per heavy atom. The number of anilines is 1. The Hall–Kier alpha value is -0.990. The summed E-state index contributed by atoms with van der Waals surface area (Å²) in [5, 5.41) is 7.36. The fourth-order valence-corrected chi connectivity index (χ4v) is 3.01. The van der Waals surface area contributed by atoms with E-state index in [1.807, 2.05) is 0 Å². The molecular formula is C12H21N3. The quantitative estimate of drug-likeness (QED) is 0.800. The second kappa shape index (κ2) is 3.87. The van der Waals surface area contributed by atoms with Crippen molar-refractivity contribution in [2.45, 2.75) is 57.8 Å². The van der Waals surface area contributed by atoms with Gasteiger partial charge in [-0.2, -0.15) is 5.10 Å². The van der Waals surface area contributed by atoms with Crippen molar-refractivity contribution in [1.29, 1.82) is 0 Å². The number of hydrogen-bond acceptors (Lipinski definition) is 2. The van der Waals surface area contributed by atoms with Crippen molar-refractivity contribution >= 4 is 5.82 Å². The van der Waals surface area contributed by atoms with Gasteiger partial charge < -0.3 is 5.73 Å². The molecule has 1 fully saturated rings. The first-order chi connectivity index (χ1) is 7.23. The summed E-state index contributed by atoms with van der Waals surface area (Å²) in [5.41, 5.74) is 8.80. The molecule has 1 aromatic heterocycles. The van der Waals surface area contributed by atoms with E-state index in [1.165, 1.54) is 43.4 Å². The fraction of sp³-hybridized carbons (Fsp3) is 0.750. The molecule has 0 saturated heterocycles. The number of nitrogen functional groups attached to an aromatic ring is 1. The predicted octanol–water partition coefficient (Wildman–Crippen LogP) is 2.78. The molecule has 1 saturated carbocycles.